The first-order chi connectivity index (χ1) is 15.9. The quantitative estimate of drug-likeness (QED) is 0.416. The summed E-state index contributed by atoms with van der Waals surface area (Å²) in [5, 5.41) is 2.77. The van der Waals surface area contributed by atoms with Crippen LogP contribution in [0.3, 0.4) is 0 Å². The number of rotatable bonds is 7. The van der Waals surface area contributed by atoms with Crippen molar-refractivity contribution >= 4 is 27.3 Å². The molecule has 0 fully saturated rings. The number of nitrogens with one attached hydrogen (secondary N) is 2. The third-order valence-corrected chi connectivity index (χ3v) is 5.98. The van der Waals surface area contributed by atoms with Gasteiger partial charge in [0.15, 0.2) is 0 Å². The predicted molar refractivity (Wildman–Crippen MR) is 125 cm³/mol. The zero-order valence-electron chi connectivity index (χ0n) is 17.6. The van der Waals surface area contributed by atoms with Gasteiger partial charge in [-0.2, -0.15) is 0 Å². The first-order valence-electron chi connectivity index (χ1n) is 9.94. The molecule has 8 nitrogen and oxygen atoms in total. The van der Waals surface area contributed by atoms with Gasteiger partial charge in [0.05, 0.1) is 11.1 Å². The molecule has 3 aromatic carbocycles. The molecule has 0 atom stereocenters. The highest BCUT2D eigenvalue weighted by atomic mass is 32.2. The Kier molecular flexibility index (Phi) is 6.32. The fraction of sp³-hybridized carbons (Fsp3) is 0.0417. The van der Waals surface area contributed by atoms with Crippen LogP contribution in [0.5, 0.6) is 11.6 Å². The molecule has 0 bridgehead atoms. The monoisotopic (exact) mass is 460 g/mol. The number of sulfonamides is 1. The number of carbonyl (C=O) groups excluding carboxylic acids is 1. The number of hydrogen-bond acceptors (Lipinski definition) is 6. The molecular formula is C24H20N4O4S. The summed E-state index contributed by atoms with van der Waals surface area (Å²) in [5.41, 5.74) is 2.31. The average molecular weight is 461 g/mol. The Morgan fingerprint density at radius 1 is 0.909 bits per heavy atom. The van der Waals surface area contributed by atoms with Crippen molar-refractivity contribution in [3.05, 3.63) is 103 Å². The molecule has 1 amide bonds. The minimum absolute atomic E-state index is 0.0546. The van der Waals surface area contributed by atoms with Crippen LogP contribution in [0.15, 0.2) is 96.3 Å². The van der Waals surface area contributed by atoms with Crippen LogP contribution in [0.1, 0.15) is 15.9 Å². The van der Waals surface area contributed by atoms with Crippen molar-refractivity contribution in [2.24, 2.45) is 0 Å². The van der Waals surface area contributed by atoms with E-state index >= 15 is 0 Å². The molecule has 166 valence electrons. The molecule has 0 unspecified atom stereocenters. The SMILES string of the molecule is Cc1ccc(NS(=O)(=O)c2ccc(C(=O)Nc3cccc(Oc4cnccn4)c3)cc2)cc1. The van der Waals surface area contributed by atoms with E-state index in [9.17, 15) is 13.2 Å². The number of carbonyl (C=O) groups is 1. The molecule has 0 aliphatic carbocycles. The maximum Gasteiger partial charge on any atom is 0.261 e. The van der Waals surface area contributed by atoms with E-state index in [1.54, 1.807) is 42.6 Å². The van der Waals surface area contributed by atoms with E-state index in [4.69, 9.17) is 4.74 Å². The number of aryl methyl sites for hydroxylation is 1. The van der Waals surface area contributed by atoms with E-state index < -0.39 is 10.0 Å². The smallest absolute Gasteiger partial charge is 0.261 e. The van der Waals surface area contributed by atoms with Crippen molar-refractivity contribution in [2.75, 3.05) is 10.0 Å². The Hall–Kier alpha value is -4.24. The van der Waals surface area contributed by atoms with Gasteiger partial charge in [0.25, 0.3) is 15.9 Å². The number of aromatic nitrogens is 2. The van der Waals surface area contributed by atoms with Crippen molar-refractivity contribution in [1.29, 1.82) is 0 Å². The molecule has 0 saturated carbocycles. The Bertz CT molecular complexity index is 1360. The lowest BCUT2D eigenvalue weighted by atomic mass is 10.2. The first kappa shape index (κ1) is 22.0. The van der Waals surface area contributed by atoms with E-state index in [0.717, 1.165) is 5.56 Å². The van der Waals surface area contributed by atoms with Crippen LogP contribution in [0.2, 0.25) is 0 Å². The lowest BCUT2D eigenvalue weighted by Crippen LogP contribution is -2.14. The third kappa shape index (κ3) is 5.72. The second kappa shape index (κ2) is 9.49. The van der Waals surface area contributed by atoms with E-state index in [1.165, 1.54) is 36.7 Å². The van der Waals surface area contributed by atoms with Gasteiger partial charge in [-0.25, -0.2) is 13.4 Å². The normalized spacial score (nSPS) is 10.9. The molecule has 0 spiro atoms. The zero-order valence-corrected chi connectivity index (χ0v) is 18.4. The van der Waals surface area contributed by atoms with Gasteiger partial charge in [0, 0.05) is 35.4 Å². The van der Waals surface area contributed by atoms with Gasteiger partial charge in [-0.15, -0.1) is 0 Å². The summed E-state index contributed by atoms with van der Waals surface area (Å²) in [4.78, 5) is 20.7. The number of amides is 1. The van der Waals surface area contributed by atoms with Crippen LogP contribution in [0, 0.1) is 6.92 Å². The zero-order chi connectivity index (χ0) is 23.3. The van der Waals surface area contributed by atoms with Crippen molar-refractivity contribution in [3.8, 4) is 11.6 Å². The molecule has 4 rings (SSSR count). The van der Waals surface area contributed by atoms with Crippen molar-refractivity contribution in [2.45, 2.75) is 11.8 Å². The summed E-state index contributed by atoms with van der Waals surface area (Å²) in [5.74, 6) is 0.427. The van der Waals surface area contributed by atoms with Gasteiger partial charge in [-0.05, 0) is 55.5 Å². The van der Waals surface area contributed by atoms with Gasteiger partial charge >= 0.3 is 0 Å². The van der Waals surface area contributed by atoms with E-state index in [1.807, 2.05) is 19.1 Å². The van der Waals surface area contributed by atoms with Crippen LogP contribution in [0.4, 0.5) is 11.4 Å². The maximum absolute atomic E-state index is 12.6. The minimum atomic E-state index is -3.77. The number of benzene rings is 3. The maximum atomic E-state index is 12.6. The third-order valence-electron chi connectivity index (χ3n) is 4.58. The fourth-order valence-electron chi connectivity index (χ4n) is 2.92. The second-order valence-electron chi connectivity index (χ2n) is 7.12. The summed E-state index contributed by atoms with van der Waals surface area (Å²) in [7, 11) is -3.77. The summed E-state index contributed by atoms with van der Waals surface area (Å²) in [6.45, 7) is 1.92. The molecule has 33 heavy (non-hydrogen) atoms. The van der Waals surface area contributed by atoms with Crippen LogP contribution < -0.4 is 14.8 Å². The average Bonchev–Trinajstić information content (AvgIpc) is 2.81. The molecule has 0 aliphatic heterocycles. The van der Waals surface area contributed by atoms with Crippen LogP contribution in [-0.4, -0.2) is 24.3 Å². The topological polar surface area (TPSA) is 110 Å². The Morgan fingerprint density at radius 2 is 1.67 bits per heavy atom. The first-order valence-corrected chi connectivity index (χ1v) is 11.4. The number of nitrogens with zero attached hydrogens (tertiary/aromatic N) is 2. The van der Waals surface area contributed by atoms with Crippen molar-refractivity contribution < 1.29 is 17.9 Å². The van der Waals surface area contributed by atoms with Crippen LogP contribution >= 0.6 is 0 Å². The Balaban J connectivity index is 1.43. The van der Waals surface area contributed by atoms with Gasteiger partial charge in [-0.1, -0.05) is 23.8 Å². The summed E-state index contributed by atoms with van der Waals surface area (Å²) in [6, 6.07) is 19.5. The Morgan fingerprint density at radius 3 is 2.36 bits per heavy atom. The van der Waals surface area contributed by atoms with E-state index in [-0.39, 0.29) is 10.8 Å². The van der Waals surface area contributed by atoms with E-state index in [2.05, 4.69) is 20.0 Å². The summed E-state index contributed by atoms with van der Waals surface area (Å²) < 4.78 is 33.4. The predicted octanol–water partition coefficient (Wildman–Crippen LogP) is 4.63. The van der Waals surface area contributed by atoms with Crippen LogP contribution in [-0.2, 0) is 10.0 Å². The van der Waals surface area contributed by atoms with Gasteiger partial charge in [-0.3, -0.25) is 14.5 Å². The highest BCUT2D eigenvalue weighted by Crippen LogP contribution is 2.23. The lowest BCUT2D eigenvalue weighted by Gasteiger charge is -2.10. The van der Waals surface area contributed by atoms with Gasteiger partial charge in [0.1, 0.15) is 5.75 Å². The number of ether oxygens (including phenoxy) is 1. The molecular weight excluding hydrogens is 440 g/mol. The van der Waals surface area contributed by atoms with Crippen LogP contribution in [0.25, 0.3) is 0 Å². The molecule has 1 aromatic heterocycles. The standard InChI is InChI=1S/C24H20N4O4S/c1-17-5-9-19(10-6-17)28-33(30,31)22-11-7-18(8-12-22)24(29)27-20-3-2-4-21(15-20)32-23-16-25-13-14-26-23/h2-16,28H,1H3,(H,27,29). The molecule has 0 radical (unpaired) electrons. The number of anilines is 2. The fourth-order valence-corrected chi connectivity index (χ4v) is 3.98. The summed E-state index contributed by atoms with van der Waals surface area (Å²) in [6.07, 6.45) is 4.54. The molecule has 0 saturated heterocycles. The molecule has 9 heteroatoms. The van der Waals surface area contributed by atoms with E-state index in [0.29, 0.717) is 28.6 Å². The molecule has 2 N–H and O–H groups in total. The van der Waals surface area contributed by atoms with Gasteiger partial charge < -0.3 is 10.1 Å². The highest BCUT2D eigenvalue weighted by molar-refractivity contribution is 7.92. The Labute approximate surface area is 191 Å². The lowest BCUT2D eigenvalue weighted by molar-refractivity contribution is 0.102. The molecule has 4 aromatic rings. The number of hydrogen-bond donors (Lipinski definition) is 2. The van der Waals surface area contributed by atoms with Crippen molar-refractivity contribution in [3.63, 3.8) is 0 Å². The second-order valence-corrected chi connectivity index (χ2v) is 8.81. The summed E-state index contributed by atoms with van der Waals surface area (Å²) >= 11 is 0. The highest BCUT2D eigenvalue weighted by Gasteiger charge is 2.15. The largest absolute Gasteiger partial charge is 0.437 e. The van der Waals surface area contributed by atoms with Crippen molar-refractivity contribution in [1.82, 2.24) is 9.97 Å². The molecule has 1 heterocycles. The molecule has 0 aliphatic rings. The minimum Gasteiger partial charge on any atom is -0.437 e. The van der Waals surface area contributed by atoms with Gasteiger partial charge in [0.2, 0.25) is 5.88 Å².